The molecule has 15 rings (SSSR count). The third kappa shape index (κ3) is 19.8. The third-order valence-electron chi connectivity index (χ3n) is 19.9. The molecule has 5 unspecified atom stereocenters. The monoisotopic (exact) mass is 1570 g/mol. The molecular weight excluding hydrogens is 1490 g/mol. The summed E-state index contributed by atoms with van der Waals surface area (Å²) in [5.74, 6) is 2.00. The van der Waals surface area contributed by atoms with Gasteiger partial charge in [0.25, 0.3) is 0 Å². The number of nitrogens with two attached hydrogens (primary N) is 1. The van der Waals surface area contributed by atoms with Gasteiger partial charge in [0.1, 0.15) is 0 Å². The Morgan fingerprint density at radius 3 is 0.825 bits per heavy atom. The highest BCUT2D eigenvalue weighted by atomic mass is 35.5. The van der Waals surface area contributed by atoms with Crippen molar-refractivity contribution < 1.29 is 4.79 Å². The summed E-state index contributed by atoms with van der Waals surface area (Å²) in [6.07, 6.45) is 10.0. The van der Waals surface area contributed by atoms with Crippen molar-refractivity contribution in [2.45, 2.75) is 121 Å². The Bertz CT molecular complexity index is 4360. The number of hydrogen-bond acceptors (Lipinski definition) is 6. The zero-order valence-corrected chi connectivity index (χ0v) is 64.5. The number of Topliss-reactive ketones (excluding diaryl/α,β-unsaturated/α-hetero) is 1. The minimum absolute atomic E-state index is 0. The molecular formula is C87H89Cl10N5O. The summed E-state index contributed by atoms with van der Waals surface area (Å²) in [7, 11) is 9.29. The van der Waals surface area contributed by atoms with Crippen LogP contribution in [-0.2, 0) is 0 Å². The lowest BCUT2D eigenvalue weighted by Gasteiger charge is -2.32. The fourth-order valence-electron chi connectivity index (χ4n) is 14.9. The second-order valence-electron chi connectivity index (χ2n) is 25.4. The molecule has 103 heavy (non-hydrogen) atoms. The molecule has 0 bridgehead atoms. The summed E-state index contributed by atoms with van der Waals surface area (Å²) < 4.78 is 0. The maximum absolute atomic E-state index is 11.9. The standard InChI is InChI=1S/2C17H17Cl2N.2C17H15Cl2N.C16H12Cl2O.CH5N.2CH4/c4*1-20-17-9-7-12(13-4-2-3-5-14(13)17)11-6-8-15(18)16(19)10-11;17-14-7-5-10(9-15(14)18)11-6-8-16(19)13-4-2-1-3-12(11)13;1-2;;/h2*2-6,8,10,12,17,20H,7,9H2,1H3;2*2-6,8,10,12H,7,9H2,1H3;1-5,7,9,11H,6,8H2;2H2,1H3;2*1H4/t2*12-,17?;;;;;;/m10....../s1. The van der Waals surface area contributed by atoms with E-state index in [4.69, 9.17) is 116 Å². The van der Waals surface area contributed by atoms with E-state index in [1.165, 1.54) is 85.2 Å². The van der Waals surface area contributed by atoms with Gasteiger partial charge in [-0.2, -0.15) is 0 Å². The number of aliphatic imine (C=N–C) groups is 2. The van der Waals surface area contributed by atoms with Crippen molar-refractivity contribution in [2.24, 2.45) is 15.7 Å². The Labute approximate surface area is 660 Å². The van der Waals surface area contributed by atoms with E-state index < -0.39 is 0 Å². The van der Waals surface area contributed by atoms with Crippen LogP contribution in [0.5, 0.6) is 0 Å². The number of carbonyl (C=O) groups is 1. The molecule has 6 nitrogen and oxygen atoms in total. The molecule has 0 heterocycles. The summed E-state index contributed by atoms with van der Waals surface area (Å²) in [5.41, 5.74) is 25.7. The van der Waals surface area contributed by atoms with E-state index in [2.05, 4.69) is 148 Å². The van der Waals surface area contributed by atoms with E-state index in [-0.39, 0.29) is 26.6 Å². The number of fused-ring (bicyclic) bond motifs is 5. The lowest BCUT2D eigenvalue weighted by molar-refractivity contribution is 0.0969. The van der Waals surface area contributed by atoms with Crippen LogP contribution in [0.3, 0.4) is 0 Å². The highest BCUT2D eigenvalue weighted by Gasteiger charge is 2.32. The Morgan fingerprint density at radius 1 is 0.301 bits per heavy atom. The van der Waals surface area contributed by atoms with Crippen LogP contribution < -0.4 is 16.4 Å². The van der Waals surface area contributed by atoms with Crippen LogP contribution in [0, 0.1) is 0 Å². The second kappa shape index (κ2) is 39.5. The molecule has 0 aromatic heterocycles. The van der Waals surface area contributed by atoms with Gasteiger partial charge >= 0.3 is 0 Å². The molecule has 4 N–H and O–H groups in total. The zero-order valence-electron chi connectivity index (χ0n) is 57.0. The normalized spacial score (nSPS) is 19.5. The van der Waals surface area contributed by atoms with Gasteiger partial charge < -0.3 is 16.4 Å². The summed E-state index contributed by atoms with van der Waals surface area (Å²) >= 11 is 60.8. The number of carbonyl (C=O) groups excluding carboxylic acids is 1. The van der Waals surface area contributed by atoms with Crippen LogP contribution in [0.1, 0.15) is 209 Å². The van der Waals surface area contributed by atoms with Crippen molar-refractivity contribution in [3.63, 3.8) is 0 Å². The summed E-state index contributed by atoms with van der Waals surface area (Å²) in [4.78, 5) is 20.8. The van der Waals surface area contributed by atoms with Gasteiger partial charge in [-0.15, -0.1) is 0 Å². The van der Waals surface area contributed by atoms with Crippen molar-refractivity contribution in [3.8, 4) is 0 Å². The molecule has 5 aliphatic rings. The first-order valence-electron chi connectivity index (χ1n) is 34.0. The van der Waals surface area contributed by atoms with Crippen LogP contribution in [0.2, 0.25) is 50.2 Å². The first-order chi connectivity index (χ1) is 49.0. The quantitative estimate of drug-likeness (QED) is 0.148. The van der Waals surface area contributed by atoms with E-state index >= 15 is 0 Å². The summed E-state index contributed by atoms with van der Waals surface area (Å²) in [6, 6.07) is 72.6. The van der Waals surface area contributed by atoms with Crippen molar-refractivity contribution >= 4 is 133 Å². The van der Waals surface area contributed by atoms with Crippen molar-refractivity contribution in [2.75, 3.05) is 35.2 Å². The molecule has 16 heteroatoms. The van der Waals surface area contributed by atoms with E-state index in [1.54, 1.807) is 0 Å². The lowest BCUT2D eigenvalue weighted by atomic mass is 9.77. The van der Waals surface area contributed by atoms with Gasteiger partial charge in [0.15, 0.2) is 5.78 Å². The number of benzene rings is 10. The minimum Gasteiger partial charge on any atom is -0.333 e. The molecule has 0 spiro atoms. The Hall–Kier alpha value is -6.01. The average Bonchev–Trinajstić information content (AvgIpc) is 0.817. The topological polar surface area (TPSA) is 91.9 Å². The fraction of sp³-hybridized carbons (Fsp3) is 0.276. The maximum Gasteiger partial charge on any atom is 0.163 e. The Kier molecular flexibility index (Phi) is 31.7. The molecule has 0 saturated carbocycles. The predicted molar refractivity (Wildman–Crippen MR) is 446 cm³/mol. The molecule has 538 valence electrons. The molecule has 10 aromatic rings. The zero-order chi connectivity index (χ0) is 71.9. The number of rotatable bonds is 7. The lowest BCUT2D eigenvalue weighted by Crippen LogP contribution is -2.24. The summed E-state index contributed by atoms with van der Waals surface area (Å²) in [5, 5.41) is 12.9. The molecule has 0 aliphatic heterocycles. The van der Waals surface area contributed by atoms with Crippen LogP contribution in [-0.4, -0.2) is 52.4 Å². The molecule has 0 amide bonds. The number of halogens is 10. The van der Waals surface area contributed by atoms with Crippen molar-refractivity contribution in [1.82, 2.24) is 10.6 Å². The molecule has 0 saturated heterocycles. The van der Waals surface area contributed by atoms with Gasteiger partial charge in [-0.25, -0.2) is 0 Å². The molecule has 5 aliphatic carbocycles. The van der Waals surface area contributed by atoms with Crippen LogP contribution >= 0.6 is 116 Å². The van der Waals surface area contributed by atoms with E-state index in [1.807, 2.05) is 119 Å². The molecule has 0 radical (unpaired) electrons. The second-order valence-corrected chi connectivity index (χ2v) is 29.4. The van der Waals surface area contributed by atoms with Gasteiger partial charge in [0.2, 0.25) is 0 Å². The third-order valence-corrected chi connectivity index (χ3v) is 23.6. The molecule has 7 atom stereocenters. The van der Waals surface area contributed by atoms with Gasteiger partial charge in [0, 0.05) is 79.2 Å². The van der Waals surface area contributed by atoms with Crippen molar-refractivity contribution in [3.05, 3.63) is 346 Å². The smallest absolute Gasteiger partial charge is 0.163 e. The van der Waals surface area contributed by atoms with Crippen LogP contribution in [0.15, 0.2) is 222 Å². The average molecular weight is 1580 g/mol. The fourth-order valence-corrected chi connectivity index (χ4v) is 16.4. The SMILES string of the molecule is C.C.CN.CN=C1CCC(c2ccc(Cl)c(Cl)c2)c2ccccc21.CN=C1CCC(c2ccc(Cl)c(Cl)c2)c2ccccc21.CNC1CC[C@@H](c2ccc(Cl)c(Cl)c2)c2ccccc21.CNC1CC[C@H](c2ccc(Cl)c(Cl)c2)c2ccccc21.O=C1CCC(c2ccc(Cl)c(Cl)c2)c2ccccc21. The van der Waals surface area contributed by atoms with Gasteiger partial charge in [-0.1, -0.05) is 283 Å². The van der Waals surface area contributed by atoms with Gasteiger partial charge in [0.05, 0.1) is 50.2 Å². The minimum atomic E-state index is 0. The molecule has 0 fully saturated rings. The summed E-state index contributed by atoms with van der Waals surface area (Å²) in [6.45, 7) is 0. The first kappa shape index (κ1) is 82.6. The number of hydrogen-bond donors (Lipinski definition) is 3. The Morgan fingerprint density at radius 2 is 0.544 bits per heavy atom. The highest BCUT2D eigenvalue weighted by molar-refractivity contribution is 6.44. The van der Waals surface area contributed by atoms with Crippen molar-refractivity contribution in [1.29, 1.82) is 0 Å². The molecule has 10 aromatic carbocycles. The number of nitrogens with zero attached hydrogens (tertiary/aromatic N) is 2. The first-order valence-corrected chi connectivity index (χ1v) is 37.8. The van der Waals surface area contributed by atoms with E-state index in [0.29, 0.717) is 92.4 Å². The van der Waals surface area contributed by atoms with Crippen LogP contribution in [0.25, 0.3) is 0 Å². The van der Waals surface area contributed by atoms with Crippen LogP contribution in [0.4, 0.5) is 0 Å². The highest BCUT2D eigenvalue weighted by Crippen LogP contribution is 2.46. The number of nitrogens with one attached hydrogen (secondary N) is 2. The van der Waals surface area contributed by atoms with E-state index in [9.17, 15) is 4.79 Å². The van der Waals surface area contributed by atoms with E-state index in [0.717, 1.165) is 74.5 Å². The predicted octanol–water partition coefficient (Wildman–Crippen LogP) is 27.0. The van der Waals surface area contributed by atoms with Gasteiger partial charge in [-0.05, 0) is 217 Å². The number of ketones is 1. The van der Waals surface area contributed by atoms with Gasteiger partial charge in [-0.3, -0.25) is 14.8 Å². The Balaban J connectivity index is 0.000000161. The largest absolute Gasteiger partial charge is 0.333 e. The maximum atomic E-state index is 11.9.